The first-order valence-electron chi connectivity index (χ1n) is 4.50. The molecule has 1 atom stereocenters. The Morgan fingerprint density at radius 2 is 2.40 bits per heavy atom. The summed E-state index contributed by atoms with van der Waals surface area (Å²) in [5.74, 6) is -0.316. The molecule has 3 amide bonds. The monoisotopic (exact) mass is 210 g/mol. The summed E-state index contributed by atoms with van der Waals surface area (Å²) in [6.45, 7) is 0.306. The molecule has 0 radical (unpaired) electrons. The Morgan fingerprint density at radius 1 is 1.53 bits per heavy atom. The number of urea groups is 1. The van der Waals surface area contributed by atoms with Gasteiger partial charge in [0.15, 0.2) is 0 Å². The van der Waals surface area contributed by atoms with E-state index in [4.69, 9.17) is 4.84 Å². The van der Waals surface area contributed by atoms with Crippen molar-refractivity contribution >= 4 is 11.9 Å². The van der Waals surface area contributed by atoms with Gasteiger partial charge in [-0.15, -0.1) is 9.94 Å². The van der Waals surface area contributed by atoms with Gasteiger partial charge in [0.25, 0.3) is 5.91 Å². The van der Waals surface area contributed by atoms with Crippen molar-refractivity contribution in [1.82, 2.24) is 20.6 Å². The van der Waals surface area contributed by atoms with Crippen molar-refractivity contribution in [2.45, 2.75) is 12.5 Å². The number of aromatic nitrogens is 2. The van der Waals surface area contributed by atoms with Crippen molar-refractivity contribution in [3.8, 4) is 0 Å². The van der Waals surface area contributed by atoms with E-state index in [9.17, 15) is 9.59 Å². The molecule has 1 saturated heterocycles. The summed E-state index contributed by atoms with van der Waals surface area (Å²) < 4.78 is 0. The molecule has 1 aromatic rings. The fourth-order valence-electron chi connectivity index (χ4n) is 1.26. The van der Waals surface area contributed by atoms with Crippen LogP contribution in [0.1, 0.15) is 6.42 Å². The van der Waals surface area contributed by atoms with Gasteiger partial charge in [0.05, 0.1) is 12.4 Å². The second-order valence-electron chi connectivity index (χ2n) is 3.05. The van der Waals surface area contributed by atoms with E-state index in [0.29, 0.717) is 13.0 Å². The van der Waals surface area contributed by atoms with E-state index < -0.39 is 12.1 Å². The van der Waals surface area contributed by atoms with Crippen LogP contribution in [0.4, 0.5) is 4.79 Å². The highest BCUT2D eigenvalue weighted by Gasteiger charge is 2.28. The molecule has 0 bridgehead atoms. The minimum atomic E-state index is -0.506. The van der Waals surface area contributed by atoms with Gasteiger partial charge in [-0.25, -0.2) is 4.79 Å². The van der Waals surface area contributed by atoms with Crippen LogP contribution in [0.25, 0.3) is 0 Å². The van der Waals surface area contributed by atoms with Crippen molar-refractivity contribution in [3.05, 3.63) is 18.5 Å². The minimum Gasteiger partial charge on any atom is -0.397 e. The summed E-state index contributed by atoms with van der Waals surface area (Å²) in [5, 5.41) is 8.44. The number of hydrogen-bond donors (Lipinski definition) is 2. The number of nitrogens with one attached hydrogen (secondary N) is 2. The smallest absolute Gasteiger partial charge is 0.322 e. The SMILES string of the molecule is O=C1NC(=O)C(CCOn2cccn2)N1. The van der Waals surface area contributed by atoms with Crippen LogP contribution in [0.15, 0.2) is 18.5 Å². The molecule has 2 rings (SSSR count). The van der Waals surface area contributed by atoms with Gasteiger partial charge >= 0.3 is 6.03 Å². The first-order valence-corrected chi connectivity index (χ1v) is 4.50. The maximum absolute atomic E-state index is 11.1. The third-order valence-electron chi connectivity index (χ3n) is 1.97. The van der Waals surface area contributed by atoms with Crippen molar-refractivity contribution in [1.29, 1.82) is 0 Å². The molecule has 7 nitrogen and oxygen atoms in total. The van der Waals surface area contributed by atoms with Crippen LogP contribution in [-0.2, 0) is 4.79 Å². The van der Waals surface area contributed by atoms with Gasteiger partial charge in [0.2, 0.25) is 0 Å². The van der Waals surface area contributed by atoms with Crippen LogP contribution in [0.2, 0.25) is 0 Å². The number of hydrogen-bond acceptors (Lipinski definition) is 4. The predicted molar refractivity (Wildman–Crippen MR) is 48.8 cm³/mol. The number of carbonyl (C=O) groups excluding carboxylic acids is 2. The second kappa shape index (κ2) is 3.99. The van der Waals surface area contributed by atoms with Crippen LogP contribution < -0.4 is 15.5 Å². The maximum atomic E-state index is 11.1. The lowest BCUT2D eigenvalue weighted by molar-refractivity contribution is -0.120. The van der Waals surface area contributed by atoms with E-state index in [2.05, 4.69) is 15.7 Å². The molecule has 0 saturated carbocycles. The van der Waals surface area contributed by atoms with Crippen LogP contribution in [0.5, 0.6) is 0 Å². The minimum absolute atomic E-state index is 0.306. The standard InChI is InChI=1S/C8H10N4O3/c13-7-6(10-8(14)11-7)2-5-15-12-4-1-3-9-12/h1,3-4,6H,2,5H2,(H2,10,11,13,14). The summed E-state index contributed by atoms with van der Waals surface area (Å²) in [6, 6.07) is 0.765. The topological polar surface area (TPSA) is 85.2 Å². The molecule has 1 aliphatic heterocycles. The Labute approximate surface area is 85.3 Å². The Kier molecular flexibility index (Phi) is 2.53. The van der Waals surface area contributed by atoms with Crippen molar-refractivity contribution in [3.63, 3.8) is 0 Å². The average molecular weight is 210 g/mol. The van der Waals surface area contributed by atoms with E-state index in [0.717, 1.165) is 0 Å². The average Bonchev–Trinajstić information content (AvgIpc) is 2.77. The molecule has 15 heavy (non-hydrogen) atoms. The first kappa shape index (κ1) is 9.50. The zero-order valence-corrected chi connectivity index (χ0v) is 7.84. The van der Waals surface area contributed by atoms with Gasteiger partial charge < -0.3 is 10.2 Å². The number of amides is 3. The largest absolute Gasteiger partial charge is 0.397 e. The molecule has 7 heteroatoms. The molecule has 80 valence electrons. The first-order chi connectivity index (χ1) is 7.25. The molecular formula is C8H10N4O3. The van der Waals surface area contributed by atoms with E-state index in [1.165, 1.54) is 4.85 Å². The van der Waals surface area contributed by atoms with Crippen LogP contribution in [0.3, 0.4) is 0 Å². The fourth-order valence-corrected chi connectivity index (χ4v) is 1.26. The summed E-state index contributed by atoms with van der Waals surface area (Å²) >= 11 is 0. The highest BCUT2D eigenvalue weighted by molar-refractivity contribution is 6.04. The number of carbonyl (C=O) groups is 2. The van der Waals surface area contributed by atoms with Crippen molar-refractivity contribution in [2.75, 3.05) is 6.61 Å². The molecule has 0 aliphatic carbocycles. The van der Waals surface area contributed by atoms with E-state index in [1.807, 2.05) is 0 Å². The van der Waals surface area contributed by atoms with E-state index >= 15 is 0 Å². The van der Waals surface area contributed by atoms with Crippen molar-refractivity contribution in [2.24, 2.45) is 0 Å². The number of rotatable bonds is 4. The van der Waals surface area contributed by atoms with Crippen molar-refractivity contribution < 1.29 is 14.4 Å². The zero-order valence-electron chi connectivity index (χ0n) is 7.84. The van der Waals surface area contributed by atoms with Gasteiger partial charge in [-0.2, -0.15) is 0 Å². The lowest BCUT2D eigenvalue weighted by atomic mass is 10.2. The molecule has 0 aromatic carbocycles. The Bertz CT molecular complexity index is 362. The highest BCUT2D eigenvalue weighted by atomic mass is 16.7. The van der Waals surface area contributed by atoms with Gasteiger partial charge in [0, 0.05) is 6.42 Å². The van der Waals surface area contributed by atoms with Crippen LogP contribution in [-0.4, -0.2) is 34.5 Å². The fraction of sp³-hybridized carbons (Fsp3) is 0.375. The number of nitrogens with zero attached hydrogens (tertiary/aromatic N) is 2. The Balaban J connectivity index is 1.74. The van der Waals surface area contributed by atoms with E-state index in [-0.39, 0.29) is 5.91 Å². The van der Waals surface area contributed by atoms with Gasteiger partial charge in [0.1, 0.15) is 12.6 Å². The number of imide groups is 1. The maximum Gasteiger partial charge on any atom is 0.322 e. The van der Waals surface area contributed by atoms with Gasteiger partial charge in [-0.3, -0.25) is 10.1 Å². The van der Waals surface area contributed by atoms with Gasteiger partial charge in [-0.1, -0.05) is 0 Å². The lowest BCUT2D eigenvalue weighted by Gasteiger charge is -2.07. The Hall–Kier alpha value is -2.05. The normalized spacial score (nSPS) is 19.9. The zero-order chi connectivity index (χ0) is 10.7. The van der Waals surface area contributed by atoms with Gasteiger partial charge in [-0.05, 0) is 6.07 Å². The molecule has 1 aliphatic rings. The van der Waals surface area contributed by atoms with Crippen LogP contribution in [0, 0.1) is 0 Å². The third-order valence-corrected chi connectivity index (χ3v) is 1.97. The van der Waals surface area contributed by atoms with E-state index in [1.54, 1.807) is 18.5 Å². The summed E-state index contributed by atoms with van der Waals surface area (Å²) in [4.78, 5) is 28.3. The molecule has 2 heterocycles. The third kappa shape index (κ3) is 2.25. The quantitative estimate of drug-likeness (QED) is 0.618. The molecule has 1 aromatic heterocycles. The lowest BCUT2D eigenvalue weighted by Crippen LogP contribution is -2.31. The molecular weight excluding hydrogens is 200 g/mol. The summed E-state index contributed by atoms with van der Waals surface area (Å²) in [6.07, 6.45) is 3.65. The van der Waals surface area contributed by atoms with Crippen LogP contribution >= 0.6 is 0 Å². The molecule has 1 unspecified atom stereocenters. The highest BCUT2D eigenvalue weighted by Crippen LogP contribution is 1.97. The summed E-state index contributed by atoms with van der Waals surface area (Å²) in [5.41, 5.74) is 0. The molecule has 0 spiro atoms. The molecule has 1 fully saturated rings. The predicted octanol–water partition coefficient (Wildman–Crippen LogP) is -1.09. The second-order valence-corrected chi connectivity index (χ2v) is 3.05. The Morgan fingerprint density at radius 3 is 3.00 bits per heavy atom. The summed E-state index contributed by atoms with van der Waals surface area (Å²) in [7, 11) is 0. The molecule has 2 N–H and O–H groups in total.